The van der Waals surface area contributed by atoms with Crippen LogP contribution in [-0.4, -0.2) is 37.8 Å². The summed E-state index contributed by atoms with van der Waals surface area (Å²) in [6.07, 6.45) is 2.94. The number of thioether (sulfide) groups is 1. The van der Waals surface area contributed by atoms with Crippen LogP contribution < -0.4 is 10.3 Å². The van der Waals surface area contributed by atoms with E-state index in [-0.39, 0.29) is 17.1 Å². The number of nitrogens with zero attached hydrogens (tertiary/aromatic N) is 4. The molecule has 0 fully saturated rings. The fraction of sp³-hybridized carbons (Fsp3) is 0.259. The average molecular weight is 517 g/mol. The Bertz CT molecular complexity index is 1650. The molecule has 0 spiro atoms. The molecule has 6 rings (SSSR count). The lowest BCUT2D eigenvalue weighted by Gasteiger charge is -2.17. The van der Waals surface area contributed by atoms with Gasteiger partial charge in [-0.2, -0.15) is 0 Å². The number of hydrogen-bond acceptors (Lipinski definition) is 7. The monoisotopic (exact) mass is 516 g/mol. The van der Waals surface area contributed by atoms with Crippen LogP contribution in [0.5, 0.6) is 5.75 Å². The number of thiophene rings is 1. The lowest BCUT2D eigenvalue weighted by atomic mass is 9.89. The normalized spacial score (nSPS) is 15.3. The van der Waals surface area contributed by atoms with Crippen LogP contribution in [0.1, 0.15) is 34.1 Å². The van der Waals surface area contributed by atoms with E-state index in [0.717, 1.165) is 40.7 Å². The molecule has 0 N–H and O–H groups in total. The van der Waals surface area contributed by atoms with Crippen molar-refractivity contribution in [2.24, 2.45) is 5.92 Å². The van der Waals surface area contributed by atoms with Gasteiger partial charge in [-0.1, -0.05) is 36.9 Å². The van der Waals surface area contributed by atoms with E-state index in [1.54, 1.807) is 47.3 Å². The van der Waals surface area contributed by atoms with Gasteiger partial charge in [0.1, 0.15) is 10.6 Å². The molecule has 0 amide bonds. The standard InChI is InChI=1S/C27H24N4O3S2/c1-16-8-13-20-22(14-16)36-25-23(20)24(33)30(18-6-4-3-5-7-18)26-28-29-27(31(25)26)35-15-21(32)17-9-11-19(34-2)12-10-17/h3-7,9-12,16H,8,13-15H2,1-2H3. The lowest BCUT2D eigenvalue weighted by Crippen LogP contribution is -2.22. The van der Waals surface area contributed by atoms with Gasteiger partial charge in [0.15, 0.2) is 10.9 Å². The van der Waals surface area contributed by atoms with E-state index in [1.807, 2.05) is 34.7 Å². The molecule has 1 unspecified atom stereocenters. The molecule has 9 heteroatoms. The Labute approximate surface area is 215 Å². The summed E-state index contributed by atoms with van der Waals surface area (Å²) < 4.78 is 8.80. The van der Waals surface area contributed by atoms with Crippen molar-refractivity contribution in [2.75, 3.05) is 12.9 Å². The van der Waals surface area contributed by atoms with Gasteiger partial charge >= 0.3 is 0 Å². The molecule has 3 heterocycles. The molecule has 2 aromatic carbocycles. The number of aryl methyl sites for hydroxylation is 1. The van der Waals surface area contributed by atoms with E-state index in [1.165, 1.54) is 16.6 Å². The Morgan fingerprint density at radius 1 is 1.14 bits per heavy atom. The van der Waals surface area contributed by atoms with Crippen LogP contribution in [0.2, 0.25) is 0 Å². The maximum atomic E-state index is 13.9. The SMILES string of the molecule is COc1ccc(C(=O)CSc2nnc3n(-c4ccccc4)c(=O)c4c5c(sc4n23)CC(C)CC5)cc1. The molecule has 1 atom stereocenters. The molecule has 0 saturated carbocycles. The first kappa shape index (κ1) is 23.0. The highest BCUT2D eigenvalue weighted by Crippen LogP contribution is 2.38. The van der Waals surface area contributed by atoms with Gasteiger partial charge < -0.3 is 4.74 Å². The Balaban J connectivity index is 1.48. The highest BCUT2D eigenvalue weighted by molar-refractivity contribution is 7.99. The van der Waals surface area contributed by atoms with Crippen molar-refractivity contribution in [3.05, 3.63) is 81.0 Å². The van der Waals surface area contributed by atoms with Gasteiger partial charge in [-0.25, -0.2) is 8.97 Å². The van der Waals surface area contributed by atoms with Crippen LogP contribution >= 0.6 is 23.1 Å². The second kappa shape index (κ2) is 9.22. The smallest absolute Gasteiger partial charge is 0.268 e. The summed E-state index contributed by atoms with van der Waals surface area (Å²) in [4.78, 5) is 28.9. The number of Topliss-reactive ketones (excluding diaryl/α,β-unsaturated/α-hetero) is 1. The molecular formula is C27H24N4O3S2. The molecule has 3 aromatic heterocycles. The van der Waals surface area contributed by atoms with E-state index >= 15 is 0 Å². The largest absolute Gasteiger partial charge is 0.497 e. The van der Waals surface area contributed by atoms with Crippen LogP contribution in [0, 0.1) is 5.92 Å². The first-order chi connectivity index (χ1) is 17.5. The first-order valence-electron chi connectivity index (χ1n) is 11.8. The first-order valence-corrected chi connectivity index (χ1v) is 13.6. The van der Waals surface area contributed by atoms with Gasteiger partial charge in [0.2, 0.25) is 5.78 Å². The van der Waals surface area contributed by atoms with Gasteiger partial charge in [-0.15, -0.1) is 21.5 Å². The molecule has 0 saturated heterocycles. The number of methoxy groups -OCH3 is 1. The number of carbonyl (C=O) groups is 1. The minimum atomic E-state index is -0.0611. The van der Waals surface area contributed by atoms with E-state index in [4.69, 9.17) is 4.74 Å². The van der Waals surface area contributed by atoms with Crippen LogP contribution in [0.3, 0.4) is 0 Å². The molecule has 1 aliphatic carbocycles. The van der Waals surface area contributed by atoms with Crippen molar-refractivity contribution in [3.63, 3.8) is 0 Å². The fourth-order valence-corrected chi connectivity index (χ4v) is 7.18. The third kappa shape index (κ3) is 3.83. The van der Waals surface area contributed by atoms with E-state index in [2.05, 4.69) is 17.1 Å². The predicted molar refractivity (Wildman–Crippen MR) is 143 cm³/mol. The van der Waals surface area contributed by atoms with Crippen molar-refractivity contribution in [1.29, 1.82) is 0 Å². The van der Waals surface area contributed by atoms with E-state index < -0.39 is 0 Å². The van der Waals surface area contributed by atoms with Crippen molar-refractivity contribution in [3.8, 4) is 11.4 Å². The Morgan fingerprint density at radius 2 is 1.92 bits per heavy atom. The molecule has 182 valence electrons. The van der Waals surface area contributed by atoms with Crippen LogP contribution in [0.25, 0.3) is 21.7 Å². The summed E-state index contributed by atoms with van der Waals surface area (Å²) in [6.45, 7) is 2.26. The zero-order chi connectivity index (χ0) is 24.8. The predicted octanol–water partition coefficient (Wildman–Crippen LogP) is 5.20. The average Bonchev–Trinajstić information content (AvgIpc) is 3.49. The van der Waals surface area contributed by atoms with Crippen molar-refractivity contribution in [2.45, 2.75) is 31.3 Å². The zero-order valence-corrected chi connectivity index (χ0v) is 21.6. The fourth-order valence-electron chi connectivity index (χ4n) is 4.80. The summed E-state index contributed by atoms with van der Waals surface area (Å²) in [5.74, 6) is 1.96. The molecular weight excluding hydrogens is 492 g/mol. The minimum absolute atomic E-state index is 0.00803. The summed E-state index contributed by atoms with van der Waals surface area (Å²) in [5, 5.41) is 10.2. The maximum absolute atomic E-state index is 13.9. The molecule has 36 heavy (non-hydrogen) atoms. The number of hydrogen-bond donors (Lipinski definition) is 0. The number of ketones is 1. The summed E-state index contributed by atoms with van der Waals surface area (Å²) in [5.41, 5.74) is 2.46. The number of carbonyl (C=O) groups excluding carboxylic acids is 1. The molecule has 0 aliphatic heterocycles. The maximum Gasteiger partial charge on any atom is 0.268 e. The third-order valence-corrected chi connectivity index (χ3v) is 8.86. The number of fused-ring (bicyclic) bond motifs is 5. The number of rotatable bonds is 6. The number of ether oxygens (including phenoxy) is 1. The Morgan fingerprint density at radius 3 is 2.67 bits per heavy atom. The number of aromatic nitrogens is 4. The van der Waals surface area contributed by atoms with Gasteiger partial charge in [0.25, 0.3) is 5.56 Å². The van der Waals surface area contributed by atoms with E-state index in [9.17, 15) is 9.59 Å². The second-order valence-electron chi connectivity index (χ2n) is 9.07. The second-order valence-corrected chi connectivity index (χ2v) is 11.1. The van der Waals surface area contributed by atoms with Crippen LogP contribution in [0.15, 0.2) is 64.5 Å². The molecule has 5 aromatic rings. The molecule has 0 radical (unpaired) electrons. The topological polar surface area (TPSA) is 78.5 Å². The Hall–Kier alpha value is -3.43. The minimum Gasteiger partial charge on any atom is -0.497 e. The van der Waals surface area contributed by atoms with Gasteiger partial charge in [0.05, 0.1) is 23.9 Å². The van der Waals surface area contributed by atoms with Crippen molar-refractivity contribution in [1.82, 2.24) is 19.2 Å². The highest BCUT2D eigenvalue weighted by Gasteiger charge is 2.27. The third-order valence-electron chi connectivity index (χ3n) is 6.69. The number of benzene rings is 2. The van der Waals surface area contributed by atoms with E-state index in [0.29, 0.717) is 28.2 Å². The van der Waals surface area contributed by atoms with Crippen molar-refractivity contribution >= 4 is 44.9 Å². The Kier molecular flexibility index (Phi) is 5.89. The van der Waals surface area contributed by atoms with Gasteiger partial charge in [-0.3, -0.25) is 9.59 Å². The highest BCUT2D eigenvalue weighted by atomic mass is 32.2. The summed E-state index contributed by atoms with van der Waals surface area (Å²) >= 11 is 3.00. The van der Waals surface area contributed by atoms with Crippen molar-refractivity contribution < 1.29 is 9.53 Å². The van der Waals surface area contributed by atoms with Crippen LogP contribution in [0.4, 0.5) is 0 Å². The summed E-state index contributed by atoms with van der Waals surface area (Å²) in [6, 6.07) is 16.7. The zero-order valence-electron chi connectivity index (χ0n) is 19.9. The molecule has 1 aliphatic rings. The quantitative estimate of drug-likeness (QED) is 0.228. The van der Waals surface area contributed by atoms with Gasteiger partial charge in [0, 0.05) is 10.4 Å². The molecule has 7 nitrogen and oxygen atoms in total. The van der Waals surface area contributed by atoms with Crippen LogP contribution in [-0.2, 0) is 12.8 Å². The number of para-hydroxylation sites is 1. The lowest BCUT2D eigenvalue weighted by molar-refractivity contribution is 0.102. The van der Waals surface area contributed by atoms with Gasteiger partial charge in [-0.05, 0) is 67.1 Å². The summed E-state index contributed by atoms with van der Waals surface area (Å²) in [7, 11) is 1.60. The molecule has 0 bridgehead atoms.